The van der Waals surface area contributed by atoms with E-state index in [0.717, 1.165) is 11.1 Å². The van der Waals surface area contributed by atoms with Gasteiger partial charge in [-0.25, -0.2) is 13.1 Å². The Balaban J connectivity index is 3.01. The van der Waals surface area contributed by atoms with E-state index in [1.807, 2.05) is 19.1 Å². The third-order valence-corrected chi connectivity index (χ3v) is 4.14. The van der Waals surface area contributed by atoms with Crippen molar-refractivity contribution in [2.75, 3.05) is 13.7 Å². The van der Waals surface area contributed by atoms with Crippen molar-refractivity contribution in [3.05, 3.63) is 29.3 Å². The van der Waals surface area contributed by atoms with E-state index in [9.17, 15) is 8.42 Å². The highest BCUT2D eigenvalue weighted by molar-refractivity contribution is 7.89. The highest BCUT2D eigenvalue weighted by atomic mass is 32.2. The van der Waals surface area contributed by atoms with Crippen LogP contribution in [-0.4, -0.2) is 28.2 Å². The second kappa shape index (κ2) is 5.62. The van der Waals surface area contributed by atoms with Crippen molar-refractivity contribution in [2.45, 2.75) is 31.7 Å². The third kappa shape index (κ3) is 3.80. The maximum absolute atomic E-state index is 12.1. The maximum atomic E-state index is 12.1. The SMILES string of the molecule is COC[C@@H](C)NS(=O)(=O)c1cc(C)ccc1C. The lowest BCUT2D eigenvalue weighted by atomic mass is 10.2. The molecule has 0 heterocycles. The topological polar surface area (TPSA) is 55.4 Å². The molecule has 1 aromatic rings. The molecule has 1 rings (SSSR count). The summed E-state index contributed by atoms with van der Waals surface area (Å²) in [6, 6.07) is 5.14. The summed E-state index contributed by atoms with van der Waals surface area (Å²) in [6.45, 7) is 5.78. The molecule has 0 amide bonds. The summed E-state index contributed by atoms with van der Waals surface area (Å²) in [4.78, 5) is 0.334. The van der Waals surface area contributed by atoms with Crippen molar-refractivity contribution in [1.29, 1.82) is 0 Å². The number of hydrogen-bond acceptors (Lipinski definition) is 3. The first kappa shape index (κ1) is 14.2. The van der Waals surface area contributed by atoms with Gasteiger partial charge in [-0.05, 0) is 38.0 Å². The average molecular weight is 257 g/mol. The van der Waals surface area contributed by atoms with E-state index < -0.39 is 10.0 Å². The van der Waals surface area contributed by atoms with Crippen LogP contribution in [0.1, 0.15) is 18.1 Å². The minimum absolute atomic E-state index is 0.245. The van der Waals surface area contributed by atoms with Crippen LogP contribution in [0, 0.1) is 13.8 Å². The molecule has 0 aliphatic rings. The van der Waals surface area contributed by atoms with Crippen molar-refractivity contribution < 1.29 is 13.2 Å². The van der Waals surface area contributed by atoms with Gasteiger partial charge in [-0.15, -0.1) is 0 Å². The second-order valence-corrected chi connectivity index (χ2v) is 5.93. The van der Waals surface area contributed by atoms with Crippen LogP contribution in [0.15, 0.2) is 23.1 Å². The summed E-state index contributed by atoms with van der Waals surface area (Å²) >= 11 is 0. The number of nitrogens with one attached hydrogen (secondary N) is 1. The first-order valence-electron chi connectivity index (χ1n) is 5.45. The number of ether oxygens (including phenoxy) is 1. The lowest BCUT2D eigenvalue weighted by Gasteiger charge is -2.15. The molecule has 5 heteroatoms. The highest BCUT2D eigenvalue weighted by Gasteiger charge is 2.19. The standard InChI is InChI=1S/C12H19NO3S/c1-9-5-6-10(2)12(7-9)17(14,15)13-11(3)8-16-4/h5-7,11,13H,8H2,1-4H3/t11-/m1/s1. The van der Waals surface area contributed by atoms with E-state index in [1.165, 1.54) is 0 Å². The number of methoxy groups -OCH3 is 1. The number of aryl methyl sites for hydroxylation is 2. The Morgan fingerprint density at radius 2 is 2.00 bits per heavy atom. The van der Waals surface area contributed by atoms with Crippen molar-refractivity contribution >= 4 is 10.0 Å². The van der Waals surface area contributed by atoms with Gasteiger partial charge in [0, 0.05) is 13.2 Å². The summed E-state index contributed by atoms with van der Waals surface area (Å²) in [5, 5.41) is 0. The zero-order valence-electron chi connectivity index (χ0n) is 10.6. The maximum Gasteiger partial charge on any atom is 0.241 e. The molecule has 1 N–H and O–H groups in total. The van der Waals surface area contributed by atoms with E-state index in [2.05, 4.69) is 4.72 Å². The zero-order valence-corrected chi connectivity index (χ0v) is 11.5. The van der Waals surface area contributed by atoms with E-state index >= 15 is 0 Å². The molecule has 4 nitrogen and oxygen atoms in total. The van der Waals surface area contributed by atoms with Gasteiger partial charge in [0.2, 0.25) is 10.0 Å². The molecular formula is C12H19NO3S. The van der Waals surface area contributed by atoms with Crippen LogP contribution in [0.5, 0.6) is 0 Å². The molecule has 0 aromatic heterocycles. The minimum atomic E-state index is -3.46. The van der Waals surface area contributed by atoms with E-state index in [0.29, 0.717) is 11.5 Å². The van der Waals surface area contributed by atoms with E-state index in [1.54, 1.807) is 27.0 Å². The Morgan fingerprint density at radius 3 is 2.59 bits per heavy atom. The fourth-order valence-electron chi connectivity index (χ4n) is 1.61. The Hall–Kier alpha value is -0.910. The molecule has 0 aliphatic carbocycles. The number of hydrogen-bond donors (Lipinski definition) is 1. The predicted octanol–water partition coefficient (Wildman–Crippen LogP) is 1.62. The van der Waals surface area contributed by atoms with Gasteiger partial charge >= 0.3 is 0 Å². The van der Waals surface area contributed by atoms with Gasteiger partial charge < -0.3 is 4.74 Å². The Labute approximate surface area is 103 Å². The van der Waals surface area contributed by atoms with Crippen LogP contribution in [0.3, 0.4) is 0 Å². The molecule has 0 fully saturated rings. The van der Waals surface area contributed by atoms with Gasteiger partial charge in [0.25, 0.3) is 0 Å². The van der Waals surface area contributed by atoms with Crippen LogP contribution >= 0.6 is 0 Å². The summed E-state index contributed by atoms with van der Waals surface area (Å²) in [5.41, 5.74) is 1.67. The average Bonchev–Trinajstić information content (AvgIpc) is 2.21. The lowest BCUT2D eigenvalue weighted by molar-refractivity contribution is 0.180. The molecule has 17 heavy (non-hydrogen) atoms. The van der Waals surface area contributed by atoms with Gasteiger partial charge in [0.05, 0.1) is 11.5 Å². The first-order chi connectivity index (χ1) is 7.86. The van der Waals surface area contributed by atoms with E-state index in [-0.39, 0.29) is 6.04 Å². The summed E-state index contributed by atoms with van der Waals surface area (Å²) in [6.07, 6.45) is 0. The molecule has 0 saturated heterocycles. The molecule has 0 bridgehead atoms. The van der Waals surface area contributed by atoms with Gasteiger partial charge in [-0.1, -0.05) is 12.1 Å². The Bertz CT molecular complexity index is 483. The fraction of sp³-hybridized carbons (Fsp3) is 0.500. The van der Waals surface area contributed by atoms with Gasteiger partial charge in [0.15, 0.2) is 0 Å². The lowest BCUT2D eigenvalue weighted by Crippen LogP contribution is -2.35. The van der Waals surface area contributed by atoms with Gasteiger partial charge in [-0.3, -0.25) is 0 Å². The summed E-state index contributed by atoms with van der Waals surface area (Å²) in [5.74, 6) is 0. The first-order valence-corrected chi connectivity index (χ1v) is 6.93. The predicted molar refractivity (Wildman–Crippen MR) is 67.6 cm³/mol. The second-order valence-electron chi connectivity index (χ2n) is 4.25. The van der Waals surface area contributed by atoms with Crippen molar-refractivity contribution in [3.8, 4) is 0 Å². The van der Waals surface area contributed by atoms with E-state index in [4.69, 9.17) is 4.74 Å². The van der Waals surface area contributed by atoms with Crippen molar-refractivity contribution in [2.24, 2.45) is 0 Å². The summed E-state index contributed by atoms with van der Waals surface area (Å²) < 4.78 is 31.7. The molecule has 0 saturated carbocycles. The molecule has 1 aromatic carbocycles. The van der Waals surface area contributed by atoms with Crippen LogP contribution < -0.4 is 4.72 Å². The van der Waals surface area contributed by atoms with Crippen molar-refractivity contribution in [1.82, 2.24) is 4.72 Å². The minimum Gasteiger partial charge on any atom is -0.383 e. The molecular weight excluding hydrogens is 238 g/mol. The largest absolute Gasteiger partial charge is 0.383 e. The molecule has 0 spiro atoms. The molecule has 0 aliphatic heterocycles. The van der Waals surface area contributed by atoms with Gasteiger partial charge in [-0.2, -0.15) is 0 Å². The van der Waals surface area contributed by atoms with Crippen LogP contribution in [0.2, 0.25) is 0 Å². The normalized spacial score (nSPS) is 13.6. The van der Waals surface area contributed by atoms with Gasteiger partial charge in [0.1, 0.15) is 0 Å². The number of sulfonamides is 1. The van der Waals surface area contributed by atoms with Crippen LogP contribution in [-0.2, 0) is 14.8 Å². The molecule has 0 unspecified atom stereocenters. The Morgan fingerprint density at radius 1 is 1.35 bits per heavy atom. The monoisotopic (exact) mass is 257 g/mol. The third-order valence-electron chi connectivity index (χ3n) is 2.41. The van der Waals surface area contributed by atoms with Crippen molar-refractivity contribution in [3.63, 3.8) is 0 Å². The number of rotatable bonds is 5. The quantitative estimate of drug-likeness (QED) is 0.872. The van der Waals surface area contributed by atoms with Crippen LogP contribution in [0.4, 0.5) is 0 Å². The molecule has 96 valence electrons. The molecule has 0 radical (unpaired) electrons. The molecule has 1 atom stereocenters. The smallest absolute Gasteiger partial charge is 0.241 e. The fourth-order valence-corrected chi connectivity index (χ4v) is 3.17. The Kier molecular flexibility index (Phi) is 4.68. The number of benzene rings is 1. The summed E-state index contributed by atoms with van der Waals surface area (Å²) in [7, 11) is -1.92. The van der Waals surface area contributed by atoms with Crippen LogP contribution in [0.25, 0.3) is 0 Å². The highest BCUT2D eigenvalue weighted by Crippen LogP contribution is 2.16. The zero-order chi connectivity index (χ0) is 13.1.